The molecule has 2 saturated heterocycles. The molecule has 1 amide bonds. The van der Waals surface area contributed by atoms with E-state index in [0.717, 1.165) is 32.9 Å². The summed E-state index contributed by atoms with van der Waals surface area (Å²) in [6.45, 7) is 4.56. The first-order chi connectivity index (χ1) is 14.4. The van der Waals surface area contributed by atoms with Gasteiger partial charge in [0.15, 0.2) is 6.61 Å². The topological polar surface area (TPSA) is 45.7 Å². The molecule has 0 unspecified atom stereocenters. The van der Waals surface area contributed by atoms with Crippen LogP contribution in [0, 0.1) is 0 Å². The van der Waals surface area contributed by atoms with Crippen molar-refractivity contribution in [2.45, 2.75) is 43.8 Å². The van der Waals surface area contributed by atoms with Gasteiger partial charge in [0.25, 0.3) is 11.8 Å². The van der Waals surface area contributed by atoms with E-state index in [9.17, 15) is 13.6 Å². The summed E-state index contributed by atoms with van der Waals surface area (Å²) in [6.07, 6.45) is 5.98. The van der Waals surface area contributed by atoms with Gasteiger partial charge in [-0.3, -0.25) is 14.1 Å². The van der Waals surface area contributed by atoms with Crippen LogP contribution in [-0.2, 0) is 10.7 Å². The van der Waals surface area contributed by atoms with Crippen molar-refractivity contribution in [3.63, 3.8) is 0 Å². The van der Waals surface area contributed by atoms with Crippen molar-refractivity contribution in [3.8, 4) is 5.75 Å². The fourth-order valence-electron chi connectivity index (χ4n) is 4.08. The summed E-state index contributed by atoms with van der Waals surface area (Å²) in [4.78, 5) is 18.6. The van der Waals surface area contributed by atoms with Crippen LogP contribution in [0.3, 0.4) is 0 Å². The minimum Gasteiger partial charge on any atom is -0.483 e. The molecule has 0 spiro atoms. The lowest BCUT2D eigenvalue weighted by atomic mass is 10.0. The van der Waals surface area contributed by atoms with E-state index in [1.807, 2.05) is 16.8 Å². The van der Waals surface area contributed by atoms with Gasteiger partial charge >= 0.3 is 0 Å². The summed E-state index contributed by atoms with van der Waals surface area (Å²) >= 11 is 1.95. The number of aromatic nitrogens is 1. The van der Waals surface area contributed by atoms with Gasteiger partial charge in [0.1, 0.15) is 5.75 Å². The normalized spacial score (nSPS) is 18.8. The number of amides is 1. The molecule has 3 heterocycles. The number of halogens is 2. The first-order valence-corrected chi connectivity index (χ1v) is 11.3. The Bertz CT molecular complexity index is 892. The molecule has 0 saturated carbocycles. The van der Waals surface area contributed by atoms with Gasteiger partial charge in [-0.2, -0.15) is 0 Å². The number of hydrogen-bond donors (Lipinski definition) is 0. The predicted octanol–water partition coefficient (Wildman–Crippen LogP) is 4.46. The zero-order valence-corrected chi connectivity index (χ0v) is 18.0. The Hall–Kier alpha value is -1.93. The second kappa shape index (κ2) is 9.06. The van der Waals surface area contributed by atoms with E-state index in [2.05, 4.69) is 9.29 Å². The molecule has 1 aromatic heterocycles. The van der Waals surface area contributed by atoms with E-state index in [-0.39, 0.29) is 23.6 Å². The van der Waals surface area contributed by atoms with Crippen LogP contribution < -0.4 is 4.74 Å². The lowest BCUT2D eigenvalue weighted by Gasteiger charge is -2.33. The number of fused-ring (bicyclic) bond motifs is 1. The van der Waals surface area contributed by atoms with Crippen LogP contribution >= 0.6 is 11.9 Å². The lowest BCUT2D eigenvalue weighted by Crippen LogP contribution is -2.42. The quantitative estimate of drug-likeness (QED) is 0.627. The van der Waals surface area contributed by atoms with Crippen LogP contribution in [-0.4, -0.2) is 58.1 Å². The molecule has 0 aliphatic carbocycles. The highest BCUT2D eigenvalue weighted by Crippen LogP contribution is 2.35. The predicted molar refractivity (Wildman–Crippen MR) is 115 cm³/mol. The second-order valence-electron chi connectivity index (χ2n) is 8.01. The molecule has 1 aromatic carbocycles. The number of pyridine rings is 1. The average Bonchev–Trinajstić information content (AvgIpc) is 3.24. The smallest absolute Gasteiger partial charge is 0.272 e. The van der Waals surface area contributed by atoms with Gasteiger partial charge in [0, 0.05) is 55.5 Å². The molecule has 0 atom stereocenters. The highest BCUT2D eigenvalue weighted by molar-refractivity contribution is 7.97. The Labute approximate surface area is 179 Å². The minimum atomic E-state index is -3.00. The van der Waals surface area contributed by atoms with Gasteiger partial charge in [-0.15, -0.1) is 0 Å². The van der Waals surface area contributed by atoms with E-state index >= 15 is 0 Å². The summed E-state index contributed by atoms with van der Waals surface area (Å²) in [5.74, 6) is -2.67. The molecule has 2 fully saturated rings. The standard InChI is InChI=1S/C22H27F2N3O2S/c1-22(23,24)18-6-4-5-17-19(7-10-25-21(17)18)29-15-20(28)26-13-8-16(9-14-26)30-27-11-2-3-12-27/h4-7,10,16H,2-3,8-9,11-15H2,1H3. The van der Waals surface area contributed by atoms with Gasteiger partial charge in [0.05, 0.1) is 5.52 Å². The van der Waals surface area contributed by atoms with Crippen molar-refractivity contribution in [2.24, 2.45) is 0 Å². The molecule has 0 N–H and O–H groups in total. The largest absolute Gasteiger partial charge is 0.483 e. The summed E-state index contributed by atoms with van der Waals surface area (Å²) in [5.41, 5.74) is 0.0593. The van der Waals surface area contributed by atoms with Gasteiger partial charge < -0.3 is 9.64 Å². The SMILES string of the molecule is CC(F)(F)c1cccc2c(OCC(=O)N3CCC(SN4CCCC4)CC3)ccnc12. The summed E-state index contributed by atoms with van der Waals surface area (Å²) in [5, 5.41) is 1.07. The average molecular weight is 436 g/mol. The van der Waals surface area contributed by atoms with Crippen LogP contribution in [0.4, 0.5) is 8.78 Å². The molecule has 8 heteroatoms. The number of alkyl halides is 2. The van der Waals surface area contributed by atoms with E-state index in [1.165, 1.54) is 38.2 Å². The monoisotopic (exact) mass is 435 g/mol. The number of ether oxygens (including phenoxy) is 1. The Morgan fingerprint density at radius 3 is 2.63 bits per heavy atom. The number of carbonyl (C=O) groups excluding carboxylic acids is 1. The molecule has 2 aromatic rings. The summed E-state index contributed by atoms with van der Waals surface area (Å²) < 4.78 is 36.0. The minimum absolute atomic E-state index is 0.0680. The van der Waals surface area contributed by atoms with Crippen LogP contribution in [0.5, 0.6) is 5.75 Å². The van der Waals surface area contributed by atoms with Crippen molar-refractivity contribution in [2.75, 3.05) is 32.8 Å². The number of benzene rings is 1. The first kappa shape index (κ1) is 21.3. The molecular formula is C22H27F2N3O2S. The second-order valence-corrected chi connectivity index (χ2v) is 9.40. The third kappa shape index (κ3) is 4.86. The van der Waals surface area contributed by atoms with Crippen LogP contribution in [0.1, 0.15) is 38.2 Å². The third-order valence-electron chi connectivity index (χ3n) is 5.71. The van der Waals surface area contributed by atoms with Gasteiger partial charge in [-0.25, -0.2) is 8.78 Å². The van der Waals surface area contributed by atoms with Crippen molar-refractivity contribution < 1.29 is 18.3 Å². The number of nitrogens with zero attached hydrogens (tertiary/aromatic N) is 3. The Kier molecular flexibility index (Phi) is 6.43. The number of hydrogen-bond acceptors (Lipinski definition) is 5. The maximum atomic E-state index is 13.9. The van der Waals surface area contributed by atoms with Gasteiger partial charge in [-0.1, -0.05) is 24.1 Å². The first-order valence-electron chi connectivity index (χ1n) is 10.5. The molecule has 2 aliphatic heterocycles. The molecule has 2 aliphatic rings. The maximum Gasteiger partial charge on any atom is 0.272 e. The van der Waals surface area contributed by atoms with Gasteiger partial charge in [0.2, 0.25) is 0 Å². The van der Waals surface area contributed by atoms with Crippen LogP contribution in [0.2, 0.25) is 0 Å². The number of piperidine rings is 1. The van der Waals surface area contributed by atoms with Crippen molar-refractivity contribution in [1.82, 2.24) is 14.2 Å². The molecule has 0 radical (unpaired) electrons. The zero-order chi connectivity index (χ0) is 21.1. The number of carbonyl (C=O) groups is 1. The number of para-hydroxylation sites is 1. The molecular weight excluding hydrogens is 408 g/mol. The number of likely N-dealkylation sites (tertiary alicyclic amines) is 1. The highest BCUT2D eigenvalue weighted by atomic mass is 32.2. The molecule has 30 heavy (non-hydrogen) atoms. The van der Waals surface area contributed by atoms with Crippen molar-refractivity contribution in [3.05, 3.63) is 36.0 Å². The Morgan fingerprint density at radius 2 is 1.93 bits per heavy atom. The lowest BCUT2D eigenvalue weighted by molar-refractivity contribution is -0.134. The Morgan fingerprint density at radius 1 is 1.20 bits per heavy atom. The van der Waals surface area contributed by atoms with E-state index < -0.39 is 5.92 Å². The van der Waals surface area contributed by atoms with Crippen LogP contribution in [0.15, 0.2) is 30.5 Å². The molecule has 4 rings (SSSR count). The molecule has 0 bridgehead atoms. The fraction of sp³-hybridized carbons (Fsp3) is 0.545. The summed E-state index contributed by atoms with van der Waals surface area (Å²) in [7, 11) is 0. The zero-order valence-electron chi connectivity index (χ0n) is 17.2. The highest BCUT2D eigenvalue weighted by Gasteiger charge is 2.28. The van der Waals surface area contributed by atoms with Crippen molar-refractivity contribution >= 4 is 28.8 Å². The number of rotatable bonds is 6. The molecule has 5 nitrogen and oxygen atoms in total. The summed E-state index contributed by atoms with van der Waals surface area (Å²) in [6, 6.07) is 6.24. The van der Waals surface area contributed by atoms with Crippen LogP contribution in [0.25, 0.3) is 10.9 Å². The fourth-order valence-corrected chi connectivity index (χ4v) is 5.39. The van der Waals surface area contributed by atoms with Crippen molar-refractivity contribution in [1.29, 1.82) is 0 Å². The van der Waals surface area contributed by atoms with E-state index in [0.29, 0.717) is 16.4 Å². The van der Waals surface area contributed by atoms with E-state index in [1.54, 1.807) is 18.2 Å². The maximum absolute atomic E-state index is 13.9. The van der Waals surface area contributed by atoms with Gasteiger partial charge in [-0.05, 0) is 37.8 Å². The molecule has 162 valence electrons. The van der Waals surface area contributed by atoms with E-state index in [4.69, 9.17) is 4.74 Å². The third-order valence-corrected chi connectivity index (χ3v) is 7.15. The Balaban J connectivity index is 1.35.